The molecule has 24 heavy (non-hydrogen) atoms. The fraction of sp³-hybridized carbons (Fsp3) is 0.263. The molecule has 0 aliphatic heterocycles. The summed E-state index contributed by atoms with van der Waals surface area (Å²) in [5, 5.41) is 2.03. The highest BCUT2D eigenvalue weighted by Crippen LogP contribution is 2.23. The summed E-state index contributed by atoms with van der Waals surface area (Å²) in [5.41, 5.74) is 2.14. The SMILES string of the molecule is Cc1ccc(CN(C)C(=O)CSc2cc(C)c3ccccc3n2)o1. The number of hydrogen-bond donors (Lipinski definition) is 0. The minimum absolute atomic E-state index is 0.0571. The Bertz CT molecular complexity index is 873. The highest BCUT2D eigenvalue weighted by molar-refractivity contribution is 7.99. The third-order valence-corrected chi connectivity index (χ3v) is 4.75. The third-order valence-electron chi connectivity index (χ3n) is 3.86. The number of amides is 1. The number of nitrogens with zero attached hydrogens (tertiary/aromatic N) is 2. The highest BCUT2D eigenvalue weighted by Gasteiger charge is 2.13. The first-order valence-electron chi connectivity index (χ1n) is 7.81. The number of para-hydroxylation sites is 1. The Morgan fingerprint density at radius 2 is 2.00 bits per heavy atom. The molecule has 4 nitrogen and oxygen atoms in total. The van der Waals surface area contributed by atoms with Crippen molar-refractivity contribution < 1.29 is 9.21 Å². The lowest BCUT2D eigenvalue weighted by Gasteiger charge is -2.15. The molecule has 0 radical (unpaired) electrons. The summed E-state index contributed by atoms with van der Waals surface area (Å²) < 4.78 is 5.52. The predicted octanol–water partition coefficient (Wildman–Crippen LogP) is 4.20. The second kappa shape index (κ2) is 7.09. The molecule has 0 aliphatic carbocycles. The Morgan fingerprint density at radius 3 is 2.75 bits per heavy atom. The molecule has 0 atom stereocenters. The fourth-order valence-electron chi connectivity index (χ4n) is 2.53. The molecule has 0 unspecified atom stereocenters. The van der Waals surface area contributed by atoms with E-state index < -0.39 is 0 Å². The van der Waals surface area contributed by atoms with Crippen LogP contribution < -0.4 is 0 Å². The average molecular weight is 340 g/mol. The summed E-state index contributed by atoms with van der Waals surface area (Å²) in [7, 11) is 1.79. The summed E-state index contributed by atoms with van der Waals surface area (Å²) in [6, 6.07) is 13.9. The zero-order valence-corrected chi connectivity index (χ0v) is 14.9. The molecular formula is C19H20N2O2S. The molecule has 124 valence electrons. The van der Waals surface area contributed by atoms with Crippen LogP contribution in [-0.4, -0.2) is 28.6 Å². The summed E-state index contributed by atoms with van der Waals surface area (Å²) >= 11 is 1.47. The summed E-state index contributed by atoms with van der Waals surface area (Å²) in [5.74, 6) is 2.08. The first kappa shape index (κ1) is 16.6. The standard InChI is InChI=1S/C19H20N2O2S/c1-13-10-18(20-17-7-5-4-6-16(13)17)24-12-19(22)21(3)11-15-9-8-14(2)23-15/h4-10H,11-12H2,1-3H3. The molecule has 0 bridgehead atoms. The van der Waals surface area contributed by atoms with Gasteiger partial charge in [0.1, 0.15) is 11.5 Å². The highest BCUT2D eigenvalue weighted by atomic mass is 32.2. The number of pyridine rings is 1. The van der Waals surface area contributed by atoms with Crippen LogP contribution in [0.4, 0.5) is 0 Å². The van der Waals surface area contributed by atoms with E-state index in [-0.39, 0.29) is 5.91 Å². The molecule has 3 rings (SSSR count). The van der Waals surface area contributed by atoms with Gasteiger partial charge < -0.3 is 9.32 Å². The molecule has 1 amide bonds. The molecule has 1 aromatic carbocycles. The quantitative estimate of drug-likeness (QED) is 0.653. The van der Waals surface area contributed by atoms with Gasteiger partial charge >= 0.3 is 0 Å². The maximum Gasteiger partial charge on any atom is 0.233 e. The van der Waals surface area contributed by atoms with Crippen molar-refractivity contribution in [3.05, 3.63) is 59.5 Å². The average Bonchev–Trinajstić information content (AvgIpc) is 2.97. The van der Waals surface area contributed by atoms with Gasteiger partial charge in [-0.1, -0.05) is 30.0 Å². The number of aryl methyl sites for hydroxylation is 2. The molecule has 0 N–H and O–H groups in total. The fourth-order valence-corrected chi connectivity index (χ4v) is 3.45. The lowest BCUT2D eigenvalue weighted by molar-refractivity contribution is -0.127. The van der Waals surface area contributed by atoms with Crippen molar-refractivity contribution in [1.29, 1.82) is 0 Å². The zero-order chi connectivity index (χ0) is 17.1. The lowest BCUT2D eigenvalue weighted by Crippen LogP contribution is -2.27. The van der Waals surface area contributed by atoms with Gasteiger partial charge in [0.2, 0.25) is 5.91 Å². The van der Waals surface area contributed by atoms with E-state index in [1.54, 1.807) is 11.9 Å². The number of hydrogen-bond acceptors (Lipinski definition) is 4. The topological polar surface area (TPSA) is 46.3 Å². The van der Waals surface area contributed by atoms with Crippen molar-refractivity contribution in [2.45, 2.75) is 25.4 Å². The van der Waals surface area contributed by atoms with Crippen LogP contribution >= 0.6 is 11.8 Å². The van der Waals surface area contributed by atoms with Crippen molar-refractivity contribution in [2.24, 2.45) is 0 Å². The largest absolute Gasteiger partial charge is 0.464 e. The maximum absolute atomic E-state index is 12.3. The van der Waals surface area contributed by atoms with Crippen molar-refractivity contribution in [1.82, 2.24) is 9.88 Å². The number of carbonyl (C=O) groups excluding carboxylic acids is 1. The third kappa shape index (κ3) is 3.79. The molecular weight excluding hydrogens is 320 g/mol. The molecule has 2 aromatic heterocycles. The van der Waals surface area contributed by atoms with Gasteiger partial charge in [0, 0.05) is 12.4 Å². The number of benzene rings is 1. The van der Waals surface area contributed by atoms with E-state index in [4.69, 9.17) is 4.42 Å². The van der Waals surface area contributed by atoms with E-state index in [0.717, 1.165) is 27.4 Å². The molecule has 0 fully saturated rings. The van der Waals surface area contributed by atoms with Crippen molar-refractivity contribution >= 4 is 28.6 Å². The normalized spacial score (nSPS) is 11.0. The van der Waals surface area contributed by atoms with Gasteiger partial charge in [-0.25, -0.2) is 4.98 Å². The molecule has 0 aliphatic rings. The van der Waals surface area contributed by atoms with Gasteiger partial charge in [-0.3, -0.25) is 4.79 Å². The maximum atomic E-state index is 12.3. The van der Waals surface area contributed by atoms with Crippen LogP contribution in [0.3, 0.4) is 0 Å². The number of fused-ring (bicyclic) bond motifs is 1. The van der Waals surface area contributed by atoms with Gasteiger partial charge in [0.05, 0.1) is 22.8 Å². The molecule has 0 spiro atoms. The first-order chi connectivity index (χ1) is 11.5. The van der Waals surface area contributed by atoms with Crippen molar-refractivity contribution in [2.75, 3.05) is 12.8 Å². The van der Waals surface area contributed by atoms with E-state index in [1.165, 1.54) is 17.3 Å². The van der Waals surface area contributed by atoms with Gasteiger partial charge in [-0.15, -0.1) is 0 Å². The lowest BCUT2D eigenvalue weighted by atomic mass is 10.1. The van der Waals surface area contributed by atoms with Gasteiger partial charge in [0.25, 0.3) is 0 Å². The van der Waals surface area contributed by atoms with E-state index in [0.29, 0.717) is 12.3 Å². The Kier molecular flexibility index (Phi) is 4.90. The minimum Gasteiger partial charge on any atom is -0.464 e. The van der Waals surface area contributed by atoms with Crippen LogP contribution in [0, 0.1) is 13.8 Å². The van der Waals surface area contributed by atoms with Gasteiger partial charge in [-0.05, 0) is 43.7 Å². The van der Waals surface area contributed by atoms with Crippen LogP contribution in [0.5, 0.6) is 0 Å². The second-order valence-electron chi connectivity index (χ2n) is 5.85. The number of furan rings is 1. The van der Waals surface area contributed by atoms with E-state index in [9.17, 15) is 4.79 Å². The Morgan fingerprint density at radius 1 is 1.21 bits per heavy atom. The molecule has 5 heteroatoms. The van der Waals surface area contributed by atoms with Crippen LogP contribution in [0.2, 0.25) is 0 Å². The number of rotatable bonds is 5. The van der Waals surface area contributed by atoms with E-state index in [1.807, 2.05) is 43.3 Å². The van der Waals surface area contributed by atoms with Crippen molar-refractivity contribution in [3.63, 3.8) is 0 Å². The first-order valence-corrected chi connectivity index (χ1v) is 8.80. The van der Waals surface area contributed by atoms with Crippen molar-refractivity contribution in [3.8, 4) is 0 Å². The second-order valence-corrected chi connectivity index (χ2v) is 6.84. The van der Waals surface area contributed by atoms with Gasteiger partial charge in [0.15, 0.2) is 0 Å². The van der Waals surface area contributed by atoms with E-state index in [2.05, 4.69) is 18.0 Å². The monoisotopic (exact) mass is 340 g/mol. The molecule has 0 saturated heterocycles. The number of thioether (sulfide) groups is 1. The van der Waals surface area contributed by atoms with Gasteiger partial charge in [-0.2, -0.15) is 0 Å². The summed E-state index contributed by atoms with van der Waals surface area (Å²) in [6.07, 6.45) is 0. The zero-order valence-electron chi connectivity index (χ0n) is 14.1. The molecule has 3 aromatic rings. The predicted molar refractivity (Wildman–Crippen MR) is 97.1 cm³/mol. The summed E-state index contributed by atoms with van der Waals surface area (Å²) in [4.78, 5) is 18.6. The van der Waals surface area contributed by atoms with E-state index >= 15 is 0 Å². The van der Waals surface area contributed by atoms with Crippen LogP contribution in [0.1, 0.15) is 17.1 Å². The van der Waals surface area contributed by atoms with Crippen LogP contribution in [-0.2, 0) is 11.3 Å². The van der Waals surface area contributed by atoms with Crippen LogP contribution in [0.15, 0.2) is 51.9 Å². The van der Waals surface area contributed by atoms with Crippen LogP contribution in [0.25, 0.3) is 10.9 Å². The number of carbonyl (C=O) groups is 1. The minimum atomic E-state index is 0.0571. The summed E-state index contributed by atoms with van der Waals surface area (Å²) in [6.45, 7) is 4.45. The Balaban J connectivity index is 1.63. The molecule has 0 saturated carbocycles. The number of aromatic nitrogens is 1. The molecule has 2 heterocycles. The smallest absolute Gasteiger partial charge is 0.233 e. The Labute approximate surface area is 145 Å². The Hall–Kier alpha value is -2.27.